The Hall–Kier alpha value is -8.06. The van der Waals surface area contributed by atoms with Crippen LogP contribution in [0.5, 0.6) is 0 Å². The molecule has 6 heteroatoms. The minimum absolute atomic E-state index is 0.304. The molecule has 2 N–H and O–H groups in total. The van der Waals surface area contributed by atoms with Gasteiger partial charge in [-0.3, -0.25) is 0 Å². The molecule has 0 radical (unpaired) electrons. The second-order valence-electron chi connectivity index (χ2n) is 19.4. The summed E-state index contributed by atoms with van der Waals surface area (Å²) in [4.78, 5) is 19.1. The van der Waals surface area contributed by atoms with Crippen molar-refractivity contribution in [3.8, 4) is 79.2 Å². The molecule has 0 fully saturated rings. The molecule has 332 valence electrons. The highest BCUT2D eigenvalue weighted by Gasteiger charge is 2.28. The Bertz CT molecular complexity index is 3310. The van der Waals surface area contributed by atoms with Crippen LogP contribution in [0.1, 0.15) is 124 Å². The van der Waals surface area contributed by atoms with Crippen LogP contribution in [0.2, 0.25) is 0 Å². The molecular formula is C62H54N6. The molecule has 2 aliphatic heterocycles. The number of H-pyrrole nitrogens is 2. The molecule has 0 saturated heterocycles. The molecule has 10 rings (SSSR count). The van der Waals surface area contributed by atoms with Crippen LogP contribution >= 0.6 is 0 Å². The van der Waals surface area contributed by atoms with E-state index >= 15 is 0 Å². The van der Waals surface area contributed by atoms with Crippen LogP contribution in [0.4, 0.5) is 0 Å². The van der Waals surface area contributed by atoms with Crippen LogP contribution < -0.4 is 0 Å². The molecule has 2 aliphatic rings. The molecule has 3 aromatic heterocycles. The Labute approximate surface area is 399 Å². The number of nitrogens with zero attached hydrogens (tertiary/aromatic N) is 4. The fraction of sp³-hybridized carbons (Fsp3) is 0.194. The summed E-state index contributed by atoms with van der Waals surface area (Å²) in [5.41, 5.74) is 21.6. The smallest absolute Gasteiger partial charge is 0.101 e. The zero-order valence-electron chi connectivity index (χ0n) is 40.0. The highest BCUT2D eigenvalue weighted by Crippen LogP contribution is 2.48. The zero-order chi connectivity index (χ0) is 47.4. The van der Waals surface area contributed by atoms with E-state index in [1.54, 1.807) is 0 Å². The molecule has 0 aliphatic carbocycles. The lowest BCUT2D eigenvalue weighted by Gasteiger charge is -2.11. The van der Waals surface area contributed by atoms with Crippen LogP contribution in [0.3, 0.4) is 0 Å². The lowest BCUT2D eigenvalue weighted by molar-refractivity contribution is 0.867. The SMILES string of the molecule is CC(C)c1ccc(-c2c3nc(c(-c4ccc(C(C)C)cc4)c4ccc([nH]4)c(-c4ccc(C(C)C)cc4)c4nc(c(-c5ccc(C(C)C)cc5)c5ccc2[nH]5)-c2cc(C#N)c(C#N)cc2-4)C=C3)cc1. The van der Waals surface area contributed by atoms with E-state index in [1.165, 1.54) is 22.3 Å². The third kappa shape index (κ3) is 7.83. The Morgan fingerprint density at radius 2 is 0.647 bits per heavy atom. The largest absolute Gasteiger partial charge is 0.354 e. The Morgan fingerprint density at radius 3 is 0.926 bits per heavy atom. The minimum atomic E-state index is 0.304. The number of aromatic nitrogens is 4. The summed E-state index contributed by atoms with van der Waals surface area (Å²) in [5.74, 6) is 1.46. The average Bonchev–Trinajstić information content (AvgIpc) is 4.19. The summed E-state index contributed by atoms with van der Waals surface area (Å²) >= 11 is 0. The first kappa shape index (κ1) is 43.8. The van der Waals surface area contributed by atoms with Gasteiger partial charge in [0.1, 0.15) is 12.1 Å². The number of benzene rings is 5. The fourth-order valence-electron chi connectivity index (χ4n) is 9.67. The lowest BCUT2D eigenvalue weighted by Crippen LogP contribution is -1.91. The summed E-state index contributed by atoms with van der Waals surface area (Å²) in [5, 5.41) is 21.1. The van der Waals surface area contributed by atoms with E-state index in [1.807, 2.05) is 12.1 Å². The van der Waals surface area contributed by atoms with E-state index in [0.717, 1.165) is 89.1 Å². The van der Waals surface area contributed by atoms with Gasteiger partial charge in [0, 0.05) is 55.4 Å². The first-order chi connectivity index (χ1) is 32.9. The zero-order valence-corrected chi connectivity index (χ0v) is 40.0. The summed E-state index contributed by atoms with van der Waals surface area (Å²) < 4.78 is 0. The van der Waals surface area contributed by atoms with Crippen LogP contribution in [0.15, 0.2) is 133 Å². The van der Waals surface area contributed by atoms with Gasteiger partial charge in [-0.15, -0.1) is 0 Å². The summed E-state index contributed by atoms with van der Waals surface area (Å²) in [6, 6.07) is 52.1. The van der Waals surface area contributed by atoms with Crippen molar-refractivity contribution >= 4 is 34.2 Å². The van der Waals surface area contributed by atoms with Crippen LogP contribution in [-0.2, 0) is 0 Å². The van der Waals surface area contributed by atoms with Gasteiger partial charge in [0.05, 0.1) is 33.9 Å². The molecule has 5 heterocycles. The molecule has 0 amide bonds. The van der Waals surface area contributed by atoms with Gasteiger partial charge in [0.15, 0.2) is 0 Å². The molecule has 0 unspecified atom stereocenters. The molecule has 0 spiro atoms. The van der Waals surface area contributed by atoms with Crippen molar-refractivity contribution in [2.24, 2.45) is 0 Å². The van der Waals surface area contributed by atoms with Gasteiger partial charge in [-0.1, -0.05) is 152 Å². The van der Waals surface area contributed by atoms with Gasteiger partial charge >= 0.3 is 0 Å². The molecule has 5 aromatic carbocycles. The maximum atomic E-state index is 10.5. The van der Waals surface area contributed by atoms with Crippen molar-refractivity contribution in [1.29, 1.82) is 10.5 Å². The van der Waals surface area contributed by atoms with Crippen molar-refractivity contribution < 1.29 is 0 Å². The van der Waals surface area contributed by atoms with E-state index in [4.69, 9.17) is 9.97 Å². The van der Waals surface area contributed by atoms with Crippen LogP contribution in [0, 0.1) is 22.7 Å². The van der Waals surface area contributed by atoms with Gasteiger partial charge in [-0.2, -0.15) is 10.5 Å². The molecule has 6 nitrogen and oxygen atoms in total. The van der Waals surface area contributed by atoms with Crippen LogP contribution in [0.25, 0.3) is 101 Å². The van der Waals surface area contributed by atoms with Crippen molar-refractivity contribution in [2.75, 3.05) is 0 Å². The van der Waals surface area contributed by atoms with E-state index in [0.29, 0.717) is 46.2 Å². The van der Waals surface area contributed by atoms with E-state index in [2.05, 4.69) is 211 Å². The number of nitrogens with one attached hydrogen (secondary N) is 2. The number of fused-ring (bicyclic) bond motifs is 11. The van der Waals surface area contributed by atoms with Crippen molar-refractivity contribution in [3.63, 3.8) is 0 Å². The normalized spacial score (nSPS) is 12.0. The second kappa shape index (κ2) is 17.6. The number of hydrogen-bond donors (Lipinski definition) is 2. The van der Waals surface area contributed by atoms with Gasteiger partial charge in [-0.25, -0.2) is 9.97 Å². The van der Waals surface area contributed by atoms with Gasteiger partial charge in [-0.05, 0) is 117 Å². The monoisotopic (exact) mass is 882 g/mol. The first-order valence-corrected chi connectivity index (χ1v) is 23.8. The quantitative estimate of drug-likeness (QED) is 0.159. The minimum Gasteiger partial charge on any atom is -0.354 e. The predicted octanol–water partition coefficient (Wildman–Crippen LogP) is 16.7. The van der Waals surface area contributed by atoms with Gasteiger partial charge in [0.25, 0.3) is 0 Å². The number of aromatic amines is 2. The summed E-state index contributed by atoms with van der Waals surface area (Å²) in [7, 11) is 0. The standard InChI is InChI=1S/C62H54N6/c1-35(2)39-9-17-43(18-10-39)57-51-25-26-52(65-51)58(44-19-11-40(12-20-44)36(3)4)54-28-30-56(67-54)60(46-23-15-42(16-24-46)38(7)8)62-50-32-48(34-64)47(33-63)31-49(50)61(68-62)59(55-29-27-53(57)66-55)45-21-13-41(14-22-45)37(5)6/h9-32,35-38,66-67H,1-8H3. The van der Waals surface area contributed by atoms with E-state index in [-0.39, 0.29) is 0 Å². The number of rotatable bonds is 8. The molecule has 8 bridgehead atoms. The third-order valence-corrected chi connectivity index (χ3v) is 13.7. The molecule has 0 atom stereocenters. The molecule has 0 saturated carbocycles. The molecular weight excluding hydrogens is 829 g/mol. The Kier molecular flexibility index (Phi) is 11.4. The van der Waals surface area contributed by atoms with E-state index in [9.17, 15) is 10.5 Å². The Balaban J connectivity index is 1.43. The van der Waals surface area contributed by atoms with Crippen molar-refractivity contribution in [1.82, 2.24) is 19.9 Å². The number of hydrogen-bond acceptors (Lipinski definition) is 4. The third-order valence-electron chi connectivity index (χ3n) is 13.7. The highest BCUT2D eigenvalue weighted by atomic mass is 14.8. The predicted molar refractivity (Wildman–Crippen MR) is 282 cm³/mol. The van der Waals surface area contributed by atoms with Gasteiger partial charge < -0.3 is 9.97 Å². The lowest BCUT2D eigenvalue weighted by atomic mass is 9.91. The maximum absolute atomic E-state index is 10.5. The highest BCUT2D eigenvalue weighted by molar-refractivity contribution is 6.05. The second-order valence-corrected chi connectivity index (χ2v) is 19.4. The summed E-state index contributed by atoms with van der Waals surface area (Å²) in [6.45, 7) is 17.7. The Morgan fingerprint density at radius 1 is 0.368 bits per heavy atom. The van der Waals surface area contributed by atoms with Crippen LogP contribution in [-0.4, -0.2) is 19.9 Å². The molecule has 8 aromatic rings. The fourth-order valence-corrected chi connectivity index (χ4v) is 9.67. The molecule has 68 heavy (non-hydrogen) atoms. The van der Waals surface area contributed by atoms with Gasteiger partial charge in [0.2, 0.25) is 0 Å². The van der Waals surface area contributed by atoms with Crippen molar-refractivity contribution in [3.05, 3.63) is 178 Å². The maximum Gasteiger partial charge on any atom is 0.101 e. The first-order valence-electron chi connectivity index (χ1n) is 23.8. The van der Waals surface area contributed by atoms with Crippen molar-refractivity contribution in [2.45, 2.75) is 79.1 Å². The average molecular weight is 883 g/mol. The van der Waals surface area contributed by atoms with E-state index < -0.39 is 0 Å². The number of nitriles is 2. The topological polar surface area (TPSA) is 105 Å². The summed E-state index contributed by atoms with van der Waals surface area (Å²) in [6.07, 6.45) is 4.28.